The fourth-order valence-corrected chi connectivity index (χ4v) is 3.61. The predicted molar refractivity (Wildman–Crippen MR) is 69.3 cm³/mol. The molecule has 2 rings (SSSR count). The van der Waals surface area contributed by atoms with Crippen LogP contribution in [-0.4, -0.2) is 5.78 Å². The molecule has 1 nitrogen and oxygen atoms in total. The molecule has 0 radical (unpaired) electrons. The highest BCUT2D eigenvalue weighted by Gasteiger charge is 2.30. The summed E-state index contributed by atoms with van der Waals surface area (Å²) in [5.74, 6) is 1.87. The van der Waals surface area contributed by atoms with Gasteiger partial charge in [-0.3, -0.25) is 4.79 Å². The molecule has 0 aromatic carbocycles. The molecule has 1 fully saturated rings. The predicted octanol–water partition coefficient (Wildman–Crippen LogP) is 4.66. The third-order valence-corrected chi connectivity index (χ3v) is 5.17. The molecule has 0 N–H and O–H groups in total. The zero-order valence-corrected chi connectivity index (χ0v) is 11.3. The van der Waals surface area contributed by atoms with Crippen LogP contribution in [0.15, 0.2) is 11.4 Å². The molecule has 0 saturated heterocycles. The first-order valence-corrected chi connectivity index (χ1v) is 7.12. The molecule has 1 aromatic rings. The van der Waals surface area contributed by atoms with Gasteiger partial charge in [0.25, 0.3) is 0 Å². The Morgan fingerprint density at radius 1 is 1.38 bits per heavy atom. The molecule has 0 spiro atoms. The van der Waals surface area contributed by atoms with Crippen molar-refractivity contribution in [2.75, 3.05) is 0 Å². The summed E-state index contributed by atoms with van der Waals surface area (Å²) in [5, 5.41) is 2.52. The lowest BCUT2D eigenvalue weighted by Crippen LogP contribution is -2.26. The van der Waals surface area contributed by atoms with Crippen molar-refractivity contribution < 1.29 is 4.79 Å². The van der Waals surface area contributed by atoms with Crippen molar-refractivity contribution in [2.45, 2.75) is 33.1 Å². The highest BCUT2D eigenvalue weighted by atomic mass is 35.5. The summed E-state index contributed by atoms with van der Waals surface area (Å²) in [7, 11) is 0. The molecular weight excluding hydrogens is 240 g/mol. The van der Waals surface area contributed by atoms with Crippen molar-refractivity contribution in [3.8, 4) is 0 Å². The van der Waals surface area contributed by atoms with E-state index in [0.717, 1.165) is 23.6 Å². The third kappa shape index (κ3) is 2.33. The van der Waals surface area contributed by atoms with E-state index in [-0.39, 0.29) is 11.7 Å². The normalized spacial score (nSPS) is 30.3. The first-order valence-electron chi connectivity index (χ1n) is 5.86. The van der Waals surface area contributed by atoms with Crippen LogP contribution >= 0.6 is 22.9 Å². The van der Waals surface area contributed by atoms with E-state index in [1.165, 1.54) is 17.8 Å². The SMILES string of the molecule is CC1CCC(C(=O)c2sccc2Cl)CC1C. The number of thiophene rings is 1. The fraction of sp³-hybridized carbons (Fsp3) is 0.615. The van der Waals surface area contributed by atoms with E-state index >= 15 is 0 Å². The number of carbonyl (C=O) groups is 1. The zero-order chi connectivity index (χ0) is 11.7. The van der Waals surface area contributed by atoms with E-state index in [1.54, 1.807) is 0 Å². The van der Waals surface area contributed by atoms with Gasteiger partial charge >= 0.3 is 0 Å². The van der Waals surface area contributed by atoms with E-state index < -0.39 is 0 Å². The van der Waals surface area contributed by atoms with Crippen molar-refractivity contribution in [3.05, 3.63) is 21.3 Å². The molecule has 3 heteroatoms. The van der Waals surface area contributed by atoms with Crippen molar-refractivity contribution in [1.82, 2.24) is 0 Å². The second-order valence-corrected chi connectivity index (χ2v) is 6.25. The standard InChI is InChI=1S/C13H17ClOS/c1-8-3-4-10(7-9(8)2)12(15)13-11(14)5-6-16-13/h5-6,8-10H,3-4,7H2,1-2H3. The molecule has 0 bridgehead atoms. The van der Waals surface area contributed by atoms with Gasteiger partial charge in [0.2, 0.25) is 0 Å². The number of rotatable bonds is 2. The van der Waals surface area contributed by atoms with Gasteiger partial charge in [-0.2, -0.15) is 0 Å². The Kier molecular flexibility index (Phi) is 3.70. The number of carbonyl (C=O) groups excluding carboxylic acids is 1. The van der Waals surface area contributed by atoms with Crippen LogP contribution in [0.3, 0.4) is 0 Å². The third-order valence-electron chi connectivity index (χ3n) is 3.81. The molecule has 16 heavy (non-hydrogen) atoms. The minimum absolute atomic E-state index is 0.197. The number of ketones is 1. The van der Waals surface area contributed by atoms with Crippen LogP contribution in [-0.2, 0) is 0 Å². The van der Waals surface area contributed by atoms with Gasteiger partial charge in [-0.25, -0.2) is 0 Å². The maximum Gasteiger partial charge on any atom is 0.177 e. The second kappa shape index (κ2) is 4.89. The first-order chi connectivity index (χ1) is 7.59. The smallest absolute Gasteiger partial charge is 0.177 e. The quantitative estimate of drug-likeness (QED) is 0.704. The van der Waals surface area contributed by atoms with Gasteiger partial charge in [0, 0.05) is 5.92 Å². The summed E-state index contributed by atoms with van der Waals surface area (Å²) < 4.78 is 0. The number of hydrogen-bond acceptors (Lipinski definition) is 2. The summed E-state index contributed by atoms with van der Waals surface area (Å²) >= 11 is 7.48. The highest BCUT2D eigenvalue weighted by molar-refractivity contribution is 7.12. The molecule has 1 aliphatic rings. The van der Waals surface area contributed by atoms with Crippen molar-refractivity contribution in [1.29, 1.82) is 0 Å². The molecule has 3 unspecified atom stereocenters. The minimum Gasteiger partial charge on any atom is -0.293 e. The molecule has 1 saturated carbocycles. The maximum absolute atomic E-state index is 12.3. The molecule has 1 aliphatic carbocycles. The van der Waals surface area contributed by atoms with Crippen LogP contribution in [0.25, 0.3) is 0 Å². The van der Waals surface area contributed by atoms with Crippen molar-refractivity contribution in [3.63, 3.8) is 0 Å². The Balaban J connectivity index is 2.09. The van der Waals surface area contributed by atoms with Gasteiger partial charge in [-0.15, -0.1) is 11.3 Å². The van der Waals surface area contributed by atoms with Gasteiger partial charge in [0.05, 0.1) is 9.90 Å². The maximum atomic E-state index is 12.3. The number of hydrogen-bond donors (Lipinski definition) is 0. The van der Waals surface area contributed by atoms with E-state index in [2.05, 4.69) is 13.8 Å². The molecule has 88 valence electrons. The summed E-state index contributed by atoms with van der Waals surface area (Å²) in [5.41, 5.74) is 0. The fourth-order valence-electron chi connectivity index (χ4n) is 2.44. The summed E-state index contributed by atoms with van der Waals surface area (Å²) in [4.78, 5) is 13.0. The van der Waals surface area contributed by atoms with Crippen molar-refractivity contribution >= 4 is 28.7 Å². The van der Waals surface area contributed by atoms with Gasteiger partial charge in [-0.1, -0.05) is 25.4 Å². The second-order valence-electron chi connectivity index (χ2n) is 4.93. The molecule has 1 heterocycles. The van der Waals surface area contributed by atoms with E-state index in [4.69, 9.17) is 11.6 Å². The van der Waals surface area contributed by atoms with Crippen LogP contribution in [0.5, 0.6) is 0 Å². The van der Waals surface area contributed by atoms with Crippen molar-refractivity contribution in [2.24, 2.45) is 17.8 Å². The largest absolute Gasteiger partial charge is 0.293 e. The molecule has 1 aromatic heterocycles. The highest BCUT2D eigenvalue weighted by Crippen LogP contribution is 2.37. The molecule has 0 aliphatic heterocycles. The molecule has 3 atom stereocenters. The van der Waals surface area contributed by atoms with Crippen LogP contribution in [0.1, 0.15) is 42.8 Å². The monoisotopic (exact) mass is 256 g/mol. The van der Waals surface area contributed by atoms with Crippen LogP contribution in [0, 0.1) is 17.8 Å². The van der Waals surface area contributed by atoms with E-state index in [0.29, 0.717) is 10.9 Å². The minimum atomic E-state index is 0.197. The Bertz CT molecular complexity index is 385. The van der Waals surface area contributed by atoms with E-state index in [9.17, 15) is 4.79 Å². The lowest BCUT2D eigenvalue weighted by atomic mass is 9.74. The summed E-state index contributed by atoms with van der Waals surface area (Å²) in [6, 6.07) is 1.81. The summed E-state index contributed by atoms with van der Waals surface area (Å²) in [6.07, 6.45) is 3.22. The van der Waals surface area contributed by atoms with Gasteiger partial charge in [0.1, 0.15) is 0 Å². The van der Waals surface area contributed by atoms with Crippen LogP contribution < -0.4 is 0 Å². The van der Waals surface area contributed by atoms with Crippen LogP contribution in [0.2, 0.25) is 5.02 Å². The number of halogens is 1. The summed E-state index contributed by atoms with van der Waals surface area (Å²) in [6.45, 7) is 4.53. The lowest BCUT2D eigenvalue weighted by Gasteiger charge is -2.30. The Morgan fingerprint density at radius 3 is 2.69 bits per heavy atom. The number of Topliss-reactive ketones (excluding diaryl/α,β-unsaturated/α-hetero) is 1. The molecule has 0 amide bonds. The Morgan fingerprint density at radius 2 is 2.12 bits per heavy atom. The lowest BCUT2D eigenvalue weighted by molar-refractivity contribution is 0.0842. The average Bonchev–Trinajstić information content (AvgIpc) is 2.67. The van der Waals surface area contributed by atoms with Crippen LogP contribution in [0.4, 0.5) is 0 Å². The van der Waals surface area contributed by atoms with Gasteiger partial charge in [0.15, 0.2) is 5.78 Å². The first kappa shape index (κ1) is 12.1. The Labute approximate surface area is 106 Å². The average molecular weight is 257 g/mol. The topological polar surface area (TPSA) is 17.1 Å². The van der Waals surface area contributed by atoms with Gasteiger partial charge < -0.3 is 0 Å². The Hall–Kier alpha value is -0.340. The van der Waals surface area contributed by atoms with E-state index in [1.807, 2.05) is 11.4 Å². The zero-order valence-electron chi connectivity index (χ0n) is 9.70. The van der Waals surface area contributed by atoms with Gasteiger partial charge in [-0.05, 0) is 42.5 Å². The molecular formula is C13H17ClOS.